The van der Waals surface area contributed by atoms with Gasteiger partial charge in [-0.15, -0.1) is 11.3 Å². The minimum atomic E-state index is -3.54. The van der Waals surface area contributed by atoms with Crippen molar-refractivity contribution in [2.75, 3.05) is 0 Å². The van der Waals surface area contributed by atoms with Crippen LogP contribution in [0, 0.1) is 0 Å². The van der Waals surface area contributed by atoms with Gasteiger partial charge in [-0.05, 0) is 36.1 Å². The van der Waals surface area contributed by atoms with E-state index < -0.39 is 16.0 Å². The van der Waals surface area contributed by atoms with E-state index in [9.17, 15) is 13.2 Å². The molecule has 0 bridgehead atoms. The monoisotopic (exact) mass is 325 g/mol. The number of thiophene rings is 1. The normalized spacial score (nSPS) is 13.0. The van der Waals surface area contributed by atoms with Gasteiger partial charge in [-0.3, -0.25) is 0 Å². The van der Waals surface area contributed by atoms with Crippen LogP contribution in [0.15, 0.2) is 41.8 Å². The van der Waals surface area contributed by atoms with Gasteiger partial charge in [0.1, 0.15) is 0 Å². The summed E-state index contributed by atoms with van der Waals surface area (Å²) in [6.45, 7) is 1.77. The molecule has 0 saturated heterocycles. The molecule has 7 heteroatoms. The minimum absolute atomic E-state index is 0.0778. The van der Waals surface area contributed by atoms with Crippen molar-refractivity contribution in [3.63, 3.8) is 0 Å². The first kappa shape index (κ1) is 15.7. The molecule has 0 spiro atoms. The van der Waals surface area contributed by atoms with E-state index in [2.05, 4.69) is 4.72 Å². The van der Waals surface area contributed by atoms with Crippen LogP contribution in [0.5, 0.6) is 0 Å². The summed E-state index contributed by atoms with van der Waals surface area (Å²) in [5.74, 6) is -1.32. The first-order valence-corrected chi connectivity index (χ1v) is 8.76. The summed E-state index contributed by atoms with van der Waals surface area (Å²) >= 11 is 1.48. The Bertz CT molecular complexity index is 723. The Balaban J connectivity index is 2.10. The maximum absolute atomic E-state index is 12.1. The highest BCUT2D eigenvalue weighted by atomic mass is 32.2. The lowest BCUT2D eigenvalue weighted by Gasteiger charge is -2.13. The summed E-state index contributed by atoms with van der Waals surface area (Å²) in [6.07, 6.45) is 0. The summed E-state index contributed by atoms with van der Waals surface area (Å²) < 4.78 is 26.9. The topological polar surface area (TPSA) is 83.5 Å². The Morgan fingerprint density at radius 3 is 2.71 bits per heavy atom. The number of hydrogen-bond donors (Lipinski definition) is 2. The Hall–Kier alpha value is -1.70. The van der Waals surface area contributed by atoms with Gasteiger partial charge >= 0.3 is 5.97 Å². The van der Waals surface area contributed by atoms with E-state index in [4.69, 9.17) is 5.11 Å². The van der Waals surface area contributed by atoms with E-state index in [-0.39, 0.29) is 17.4 Å². The molecule has 5 nitrogen and oxygen atoms in total. The van der Waals surface area contributed by atoms with E-state index >= 15 is 0 Å². The lowest BCUT2D eigenvalue weighted by Crippen LogP contribution is -2.27. The quantitative estimate of drug-likeness (QED) is 0.855. The smallest absolute Gasteiger partial charge is 0.335 e. The number of carbonyl (C=O) groups is 1. The van der Waals surface area contributed by atoms with Crippen LogP contribution < -0.4 is 4.72 Å². The highest BCUT2D eigenvalue weighted by Crippen LogP contribution is 2.20. The van der Waals surface area contributed by atoms with Crippen molar-refractivity contribution in [3.05, 3.63) is 57.8 Å². The van der Waals surface area contributed by atoms with Gasteiger partial charge in [-0.1, -0.05) is 18.2 Å². The van der Waals surface area contributed by atoms with Crippen molar-refractivity contribution in [1.29, 1.82) is 0 Å². The number of sulfonamides is 1. The molecule has 1 aromatic carbocycles. The molecular formula is C14H15NO4S2. The predicted molar refractivity (Wildman–Crippen MR) is 81.9 cm³/mol. The van der Waals surface area contributed by atoms with Crippen molar-refractivity contribution in [2.24, 2.45) is 0 Å². The largest absolute Gasteiger partial charge is 0.478 e. The summed E-state index contributed by atoms with van der Waals surface area (Å²) in [6, 6.07) is 9.36. The molecule has 21 heavy (non-hydrogen) atoms. The molecule has 0 fully saturated rings. The van der Waals surface area contributed by atoms with E-state index in [1.165, 1.54) is 29.5 Å². The molecule has 0 aliphatic carbocycles. The number of aromatic carboxylic acids is 1. The third kappa shape index (κ3) is 4.38. The van der Waals surface area contributed by atoms with Crippen molar-refractivity contribution >= 4 is 27.3 Å². The summed E-state index contributed by atoms with van der Waals surface area (Å²) in [5.41, 5.74) is 0.523. The van der Waals surface area contributed by atoms with Crippen molar-refractivity contribution in [1.82, 2.24) is 4.72 Å². The van der Waals surface area contributed by atoms with Crippen LogP contribution in [0.25, 0.3) is 0 Å². The molecule has 0 aliphatic rings. The second-order valence-corrected chi connectivity index (χ2v) is 7.35. The van der Waals surface area contributed by atoms with Crippen LogP contribution in [0.1, 0.15) is 33.8 Å². The summed E-state index contributed by atoms with van der Waals surface area (Å²) in [7, 11) is -3.54. The fourth-order valence-corrected chi connectivity index (χ4v) is 4.10. The molecule has 1 aromatic heterocycles. The van der Waals surface area contributed by atoms with Crippen LogP contribution >= 0.6 is 11.3 Å². The van der Waals surface area contributed by atoms with Crippen LogP contribution in [0.4, 0.5) is 0 Å². The van der Waals surface area contributed by atoms with E-state index in [1.807, 2.05) is 17.5 Å². The summed E-state index contributed by atoms with van der Waals surface area (Å²) in [4.78, 5) is 11.8. The maximum atomic E-state index is 12.1. The van der Waals surface area contributed by atoms with Crippen molar-refractivity contribution in [2.45, 2.75) is 18.7 Å². The fraction of sp³-hybridized carbons (Fsp3) is 0.214. The summed E-state index contributed by atoms with van der Waals surface area (Å²) in [5, 5.41) is 10.8. The molecule has 1 atom stereocenters. The van der Waals surface area contributed by atoms with E-state index in [0.717, 1.165) is 4.88 Å². The lowest BCUT2D eigenvalue weighted by atomic mass is 10.1. The van der Waals surface area contributed by atoms with Gasteiger partial charge in [0.2, 0.25) is 10.0 Å². The molecular weight excluding hydrogens is 310 g/mol. The Labute approximate surface area is 127 Å². The molecule has 1 heterocycles. The van der Waals surface area contributed by atoms with Gasteiger partial charge in [0, 0.05) is 4.88 Å². The van der Waals surface area contributed by atoms with Crippen molar-refractivity contribution in [3.8, 4) is 0 Å². The second-order valence-electron chi connectivity index (χ2n) is 4.62. The average Bonchev–Trinajstić information content (AvgIpc) is 2.91. The average molecular weight is 325 g/mol. The van der Waals surface area contributed by atoms with Crippen LogP contribution in [-0.4, -0.2) is 19.5 Å². The molecule has 0 amide bonds. The van der Waals surface area contributed by atoms with Crippen LogP contribution in [0.3, 0.4) is 0 Å². The zero-order valence-electron chi connectivity index (χ0n) is 11.3. The van der Waals surface area contributed by atoms with Gasteiger partial charge < -0.3 is 5.11 Å². The number of hydrogen-bond acceptors (Lipinski definition) is 4. The Kier molecular flexibility index (Phi) is 4.76. The number of carboxylic acids is 1. The standard InChI is InChI=1S/C14H15NO4S2/c1-10(13-6-3-7-20-13)15-21(18,19)9-11-4-2-5-12(8-11)14(16)17/h2-8,10,15H,9H2,1H3,(H,16,17)/t10-/m0/s1. The third-order valence-corrected chi connectivity index (χ3v) is 5.34. The minimum Gasteiger partial charge on any atom is -0.478 e. The molecule has 0 aliphatic heterocycles. The highest BCUT2D eigenvalue weighted by molar-refractivity contribution is 7.88. The Morgan fingerprint density at radius 1 is 1.33 bits per heavy atom. The van der Waals surface area contributed by atoms with Gasteiger partial charge in [0.15, 0.2) is 0 Å². The maximum Gasteiger partial charge on any atom is 0.335 e. The molecule has 0 saturated carbocycles. The van der Waals surface area contributed by atoms with Gasteiger partial charge in [-0.2, -0.15) is 0 Å². The molecule has 0 radical (unpaired) electrons. The molecule has 112 valence electrons. The molecule has 2 rings (SSSR count). The molecule has 2 N–H and O–H groups in total. The SMILES string of the molecule is C[C@H](NS(=O)(=O)Cc1cccc(C(=O)O)c1)c1cccs1. The van der Waals surface area contributed by atoms with E-state index in [0.29, 0.717) is 5.56 Å². The van der Waals surface area contributed by atoms with Crippen LogP contribution in [0.2, 0.25) is 0 Å². The predicted octanol–water partition coefficient (Wildman–Crippen LogP) is 2.63. The number of benzene rings is 1. The van der Waals surface area contributed by atoms with Gasteiger partial charge in [0.25, 0.3) is 0 Å². The molecule has 0 unspecified atom stereocenters. The van der Waals surface area contributed by atoms with E-state index in [1.54, 1.807) is 13.0 Å². The molecule has 2 aromatic rings. The van der Waals surface area contributed by atoms with Gasteiger partial charge in [-0.25, -0.2) is 17.9 Å². The highest BCUT2D eigenvalue weighted by Gasteiger charge is 2.17. The number of carboxylic acid groups (broad SMARTS) is 1. The zero-order chi connectivity index (χ0) is 15.5. The number of nitrogens with one attached hydrogen (secondary N) is 1. The third-order valence-electron chi connectivity index (χ3n) is 2.86. The lowest BCUT2D eigenvalue weighted by molar-refractivity contribution is 0.0696. The number of rotatable bonds is 6. The Morgan fingerprint density at radius 2 is 2.10 bits per heavy atom. The van der Waals surface area contributed by atoms with Crippen molar-refractivity contribution < 1.29 is 18.3 Å². The first-order chi connectivity index (χ1) is 9.87. The van der Waals surface area contributed by atoms with Gasteiger partial charge in [0.05, 0.1) is 17.4 Å². The fourth-order valence-electron chi connectivity index (χ4n) is 1.92. The first-order valence-electron chi connectivity index (χ1n) is 6.23. The van der Waals surface area contributed by atoms with Crippen LogP contribution in [-0.2, 0) is 15.8 Å². The second kappa shape index (κ2) is 6.38. The zero-order valence-corrected chi connectivity index (χ0v) is 12.9.